The summed E-state index contributed by atoms with van der Waals surface area (Å²) in [6.45, 7) is 6.09. The molecule has 8 heteroatoms. The summed E-state index contributed by atoms with van der Waals surface area (Å²) in [5, 5.41) is 2.91. The Labute approximate surface area is 161 Å². The number of halogens is 1. The number of ether oxygens (including phenoxy) is 2. The van der Waals surface area contributed by atoms with E-state index in [1.165, 1.54) is 11.3 Å². The Bertz CT molecular complexity index is 746. The Morgan fingerprint density at radius 1 is 1.27 bits per heavy atom. The number of hydrogen-bond donors (Lipinski definition) is 0. The first kappa shape index (κ1) is 20.2. The van der Waals surface area contributed by atoms with Gasteiger partial charge in [0.1, 0.15) is 10.8 Å². The summed E-state index contributed by atoms with van der Waals surface area (Å²) in [6.07, 6.45) is 0. The molecule has 0 aliphatic rings. The highest BCUT2D eigenvalue weighted by Gasteiger charge is 2.20. The third-order valence-corrected chi connectivity index (χ3v) is 4.55. The van der Waals surface area contributed by atoms with Crippen molar-refractivity contribution < 1.29 is 19.1 Å². The number of carbonyl (C=O) groups excluding carboxylic acids is 2. The molecule has 0 unspecified atom stereocenters. The maximum atomic E-state index is 12.5. The first-order chi connectivity index (χ1) is 12.4. The predicted octanol–water partition coefficient (Wildman–Crippen LogP) is 3.79. The molecular weight excluding hydrogens is 376 g/mol. The topological polar surface area (TPSA) is 68.7 Å². The monoisotopic (exact) mass is 396 g/mol. The van der Waals surface area contributed by atoms with E-state index in [0.717, 1.165) is 0 Å². The number of nitrogens with zero attached hydrogens (tertiary/aromatic N) is 2. The van der Waals surface area contributed by atoms with Crippen molar-refractivity contribution in [2.24, 2.45) is 0 Å². The van der Waals surface area contributed by atoms with Gasteiger partial charge in [0.05, 0.1) is 13.2 Å². The number of carbonyl (C=O) groups is 2. The fourth-order valence-electron chi connectivity index (χ4n) is 2.15. The van der Waals surface area contributed by atoms with E-state index in [4.69, 9.17) is 21.1 Å². The van der Waals surface area contributed by atoms with Crippen molar-refractivity contribution in [1.82, 2.24) is 9.88 Å². The molecule has 0 atom stereocenters. The Morgan fingerprint density at radius 2 is 1.96 bits per heavy atom. The molecule has 2 rings (SSSR count). The number of thiazole rings is 1. The third-order valence-electron chi connectivity index (χ3n) is 3.46. The van der Waals surface area contributed by atoms with Gasteiger partial charge < -0.3 is 14.4 Å². The Hall–Kier alpha value is -2.12. The van der Waals surface area contributed by atoms with Crippen molar-refractivity contribution in [2.45, 2.75) is 33.4 Å². The summed E-state index contributed by atoms with van der Waals surface area (Å²) < 4.78 is 10.5. The highest BCUT2D eigenvalue weighted by molar-refractivity contribution is 7.09. The molecule has 0 aliphatic heterocycles. The van der Waals surface area contributed by atoms with Crippen LogP contribution in [0.4, 0.5) is 0 Å². The van der Waals surface area contributed by atoms with Crippen LogP contribution in [-0.4, -0.2) is 41.0 Å². The number of rotatable bonds is 8. The van der Waals surface area contributed by atoms with E-state index in [1.807, 2.05) is 13.8 Å². The first-order valence-corrected chi connectivity index (χ1v) is 9.45. The van der Waals surface area contributed by atoms with Crippen molar-refractivity contribution in [3.05, 3.63) is 45.4 Å². The van der Waals surface area contributed by atoms with Crippen LogP contribution in [0.2, 0.25) is 5.02 Å². The van der Waals surface area contributed by atoms with Crippen molar-refractivity contribution in [1.29, 1.82) is 0 Å². The van der Waals surface area contributed by atoms with Crippen LogP contribution in [0.15, 0.2) is 29.6 Å². The molecule has 0 saturated carbocycles. The van der Waals surface area contributed by atoms with E-state index in [9.17, 15) is 9.59 Å². The fourth-order valence-corrected chi connectivity index (χ4v) is 3.03. The minimum atomic E-state index is -0.455. The number of esters is 1. The third kappa shape index (κ3) is 5.71. The smallest absolute Gasteiger partial charge is 0.357 e. The van der Waals surface area contributed by atoms with Gasteiger partial charge in [-0.25, -0.2) is 9.78 Å². The van der Waals surface area contributed by atoms with Crippen molar-refractivity contribution in [3.8, 4) is 5.75 Å². The van der Waals surface area contributed by atoms with Crippen LogP contribution in [0.25, 0.3) is 0 Å². The van der Waals surface area contributed by atoms with E-state index in [-0.39, 0.29) is 24.2 Å². The standard InChI is InChI=1S/C18H21ClN2O4S/c1-4-24-18(23)15-11-26-16(20-15)9-21(12(2)3)17(22)10-25-14-7-5-13(19)6-8-14/h5-8,11-12H,4,9-10H2,1-3H3. The molecule has 0 N–H and O–H groups in total. The highest BCUT2D eigenvalue weighted by atomic mass is 35.5. The zero-order chi connectivity index (χ0) is 19.1. The maximum Gasteiger partial charge on any atom is 0.357 e. The van der Waals surface area contributed by atoms with Crippen LogP contribution in [0, 0.1) is 0 Å². The van der Waals surface area contributed by atoms with Crippen LogP contribution < -0.4 is 4.74 Å². The van der Waals surface area contributed by atoms with Crippen molar-refractivity contribution >= 4 is 34.8 Å². The molecule has 0 spiro atoms. The average Bonchev–Trinajstić information content (AvgIpc) is 3.08. The molecule has 1 aromatic carbocycles. The molecule has 140 valence electrons. The van der Waals surface area contributed by atoms with Gasteiger partial charge in [-0.05, 0) is 45.0 Å². The van der Waals surface area contributed by atoms with Crippen LogP contribution in [0.5, 0.6) is 5.75 Å². The molecule has 0 radical (unpaired) electrons. The van der Waals surface area contributed by atoms with E-state index in [2.05, 4.69) is 4.98 Å². The zero-order valence-corrected chi connectivity index (χ0v) is 16.5. The molecule has 0 bridgehead atoms. The molecule has 1 amide bonds. The van der Waals surface area contributed by atoms with E-state index in [0.29, 0.717) is 28.9 Å². The van der Waals surface area contributed by atoms with Crippen LogP contribution >= 0.6 is 22.9 Å². The minimum Gasteiger partial charge on any atom is -0.484 e. The first-order valence-electron chi connectivity index (χ1n) is 8.20. The summed E-state index contributed by atoms with van der Waals surface area (Å²) in [4.78, 5) is 30.2. The second-order valence-electron chi connectivity index (χ2n) is 5.70. The summed E-state index contributed by atoms with van der Waals surface area (Å²) in [6, 6.07) is 6.79. The average molecular weight is 397 g/mol. The van der Waals surface area contributed by atoms with Crippen molar-refractivity contribution in [2.75, 3.05) is 13.2 Å². The Balaban J connectivity index is 1.98. The lowest BCUT2D eigenvalue weighted by Crippen LogP contribution is -2.39. The number of aromatic nitrogens is 1. The summed E-state index contributed by atoms with van der Waals surface area (Å²) >= 11 is 7.15. The normalized spacial score (nSPS) is 10.7. The van der Waals surface area contributed by atoms with Crippen LogP contribution in [-0.2, 0) is 16.1 Å². The Kier molecular flexibility index (Phi) is 7.41. The molecule has 26 heavy (non-hydrogen) atoms. The van der Waals surface area contributed by atoms with Gasteiger partial charge in [-0.2, -0.15) is 0 Å². The molecule has 1 heterocycles. The van der Waals surface area contributed by atoms with E-state index >= 15 is 0 Å². The molecule has 0 fully saturated rings. The largest absolute Gasteiger partial charge is 0.484 e. The second-order valence-corrected chi connectivity index (χ2v) is 7.08. The van der Waals surface area contributed by atoms with Gasteiger partial charge >= 0.3 is 5.97 Å². The van der Waals surface area contributed by atoms with Gasteiger partial charge in [-0.15, -0.1) is 11.3 Å². The minimum absolute atomic E-state index is 0.0359. The van der Waals surface area contributed by atoms with E-state index in [1.54, 1.807) is 41.5 Å². The lowest BCUT2D eigenvalue weighted by molar-refractivity contribution is -0.135. The van der Waals surface area contributed by atoms with Gasteiger partial charge in [0.15, 0.2) is 12.3 Å². The van der Waals surface area contributed by atoms with Gasteiger partial charge in [0.25, 0.3) is 5.91 Å². The van der Waals surface area contributed by atoms with Gasteiger partial charge in [-0.1, -0.05) is 11.6 Å². The number of benzene rings is 1. The van der Waals surface area contributed by atoms with E-state index < -0.39 is 5.97 Å². The lowest BCUT2D eigenvalue weighted by Gasteiger charge is -2.25. The quantitative estimate of drug-likeness (QED) is 0.635. The summed E-state index contributed by atoms with van der Waals surface area (Å²) in [7, 11) is 0. The molecule has 2 aromatic rings. The summed E-state index contributed by atoms with van der Waals surface area (Å²) in [5.41, 5.74) is 0.264. The highest BCUT2D eigenvalue weighted by Crippen LogP contribution is 2.17. The second kappa shape index (κ2) is 9.54. The molecule has 1 aromatic heterocycles. The predicted molar refractivity (Wildman–Crippen MR) is 101 cm³/mol. The molecule has 0 saturated heterocycles. The molecule has 0 aliphatic carbocycles. The molecular formula is C18H21ClN2O4S. The zero-order valence-electron chi connectivity index (χ0n) is 14.9. The SMILES string of the molecule is CCOC(=O)c1csc(CN(C(=O)COc2ccc(Cl)cc2)C(C)C)n1. The molecule has 6 nitrogen and oxygen atoms in total. The number of hydrogen-bond acceptors (Lipinski definition) is 6. The number of amides is 1. The Morgan fingerprint density at radius 3 is 2.58 bits per heavy atom. The fraction of sp³-hybridized carbons (Fsp3) is 0.389. The van der Waals surface area contributed by atoms with Crippen LogP contribution in [0.3, 0.4) is 0 Å². The summed E-state index contributed by atoms with van der Waals surface area (Å²) in [5.74, 6) is -0.0448. The van der Waals surface area contributed by atoms with Gasteiger partial charge in [-0.3, -0.25) is 4.79 Å². The maximum absolute atomic E-state index is 12.5. The van der Waals surface area contributed by atoms with Gasteiger partial charge in [0, 0.05) is 16.4 Å². The van der Waals surface area contributed by atoms with Crippen LogP contribution in [0.1, 0.15) is 36.3 Å². The van der Waals surface area contributed by atoms with Gasteiger partial charge in [0.2, 0.25) is 0 Å². The lowest BCUT2D eigenvalue weighted by atomic mass is 10.3. The van der Waals surface area contributed by atoms with Crippen molar-refractivity contribution in [3.63, 3.8) is 0 Å².